The highest BCUT2D eigenvalue weighted by Crippen LogP contribution is 2.31. The van der Waals surface area contributed by atoms with E-state index in [4.69, 9.17) is 19.8 Å². The third kappa shape index (κ3) is 9.33. The SMILES string of the molecule is O=C(NCCN1C=CC2(CC1)C(=O)NCN2Cc1cccnc1)c1cccc2nsnc12.O=C(O)C(F)(F)F.O=C(O)C(F)(F)F. The van der Waals surface area contributed by atoms with Crippen molar-refractivity contribution in [2.45, 2.75) is 30.9 Å². The van der Waals surface area contributed by atoms with Crippen molar-refractivity contribution in [1.82, 2.24) is 34.2 Å². The van der Waals surface area contributed by atoms with Crippen molar-refractivity contribution in [3.05, 3.63) is 66.1 Å². The van der Waals surface area contributed by atoms with Gasteiger partial charge in [0.25, 0.3) is 5.91 Å². The summed E-state index contributed by atoms with van der Waals surface area (Å²) in [7, 11) is 0. The number of aliphatic carboxylic acids is 2. The molecular formula is C26H25F6N7O6S. The summed E-state index contributed by atoms with van der Waals surface area (Å²) in [6, 6.07) is 9.36. The fraction of sp³-hybridized carbons (Fsp3) is 0.346. The van der Waals surface area contributed by atoms with Crippen LogP contribution in [0.4, 0.5) is 26.3 Å². The number of rotatable bonds is 6. The van der Waals surface area contributed by atoms with Gasteiger partial charge in [0, 0.05) is 38.6 Å². The van der Waals surface area contributed by atoms with E-state index in [9.17, 15) is 35.9 Å². The molecule has 1 spiro atoms. The van der Waals surface area contributed by atoms with Crippen LogP contribution in [0.15, 0.2) is 55.0 Å². The second-order valence-corrected chi connectivity index (χ2v) is 10.1. The molecule has 2 aliphatic heterocycles. The standard InChI is InChI=1S/C22H23N7O2S.2C2HF3O2/c30-20(17-4-1-5-18-19(17)27-32-26-18)24-9-12-28-10-6-22(7-11-28)21(31)25-15-29(22)14-16-3-2-8-23-13-16;2*3-2(4,5)1(6)7/h1-6,8,10,13H,7,9,11-12,14-15H2,(H,24,30)(H,25,31);2*(H,6,7). The number of alkyl halides is 6. The van der Waals surface area contributed by atoms with Gasteiger partial charge in [-0.3, -0.25) is 19.5 Å². The molecule has 248 valence electrons. The van der Waals surface area contributed by atoms with Crippen LogP contribution in [0.5, 0.6) is 0 Å². The second-order valence-electron chi connectivity index (χ2n) is 9.55. The van der Waals surface area contributed by atoms with Crippen molar-refractivity contribution in [3.8, 4) is 0 Å². The van der Waals surface area contributed by atoms with Crippen molar-refractivity contribution < 1.29 is 55.7 Å². The van der Waals surface area contributed by atoms with Gasteiger partial charge >= 0.3 is 24.3 Å². The van der Waals surface area contributed by atoms with Crippen LogP contribution in [0, 0.1) is 0 Å². The number of aromatic nitrogens is 3. The Kier molecular flexibility index (Phi) is 11.6. The molecule has 1 aromatic carbocycles. The van der Waals surface area contributed by atoms with Crippen LogP contribution >= 0.6 is 11.7 Å². The van der Waals surface area contributed by atoms with Gasteiger partial charge in [-0.2, -0.15) is 35.1 Å². The first-order valence-electron chi connectivity index (χ1n) is 13.0. The average Bonchev–Trinajstić information content (AvgIpc) is 3.59. The molecule has 20 heteroatoms. The Balaban J connectivity index is 0.000000345. The normalized spacial score (nSPS) is 17.9. The van der Waals surface area contributed by atoms with Gasteiger partial charge in [-0.1, -0.05) is 12.1 Å². The van der Waals surface area contributed by atoms with Crippen LogP contribution < -0.4 is 10.6 Å². The van der Waals surface area contributed by atoms with E-state index in [0.717, 1.165) is 29.4 Å². The third-order valence-electron chi connectivity index (χ3n) is 6.53. The first kappa shape index (κ1) is 35.6. The van der Waals surface area contributed by atoms with E-state index >= 15 is 0 Å². The van der Waals surface area contributed by atoms with Crippen LogP contribution in [0.25, 0.3) is 11.0 Å². The van der Waals surface area contributed by atoms with Gasteiger partial charge in [0.15, 0.2) is 0 Å². The monoisotopic (exact) mass is 677 g/mol. The number of carboxylic acid groups (broad SMARTS) is 2. The fourth-order valence-corrected chi connectivity index (χ4v) is 4.80. The summed E-state index contributed by atoms with van der Waals surface area (Å²) in [5, 5.41) is 20.2. The predicted molar refractivity (Wildman–Crippen MR) is 148 cm³/mol. The molecule has 2 aromatic heterocycles. The van der Waals surface area contributed by atoms with Crippen LogP contribution in [-0.4, -0.2) is 102 Å². The molecule has 5 rings (SSSR count). The van der Waals surface area contributed by atoms with Crippen LogP contribution in [0.3, 0.4) is 0 Å². The van der Waals surface area contributed by atoms with E-state index in [1.807, 2.05) is 42.7 Å². The van der Waals surface area contributed by atoms with Crippen LogP contribution in [-0.2, 0) is 20.9 Å². The number of fused-ring (bicyclic) bond motifs is 1. The lowest BCUT2D eigenvalue weighted by molar-refractivity contribution is -0.193. The Labute approximate surface area is 259 Å². The minimum absolute atomic E-state index is 0.0376. The summed E-state index contributed by atoms with van der Waals surface area (Å²) < 4.78 is 71.9. The topological polar surface area (TPSA) is 178 Å². The van der Waals surface area contributed by atoms with Gasteiger partial charge in [0.1, 0.15) is 16.6 Å². The number of carbonyl (C=O) groups excluding carboxylic acids is 2. The molecule has 1 fully saturated rings. The van der Waals surface area contributed by atoms with Crippen molar-refractivity contribution >= 4 is 46.5 Å². The van der Waals surface area contributed by atoms with Crippen molar-refractivity contribution in [2.75, 3.05) is 26.3 Å². The number of nitrogens with one attached hydrogen (secondary N) is 2. The minimum atomic E-state index is -5.08. The van der Waals surface area contributed by atoms with E-state index in [1.165, 1.54) is 0 Å². The Bertz CT molecular complexity index is 1550. The number of benzene rings is 1. The summed E-state index contributed by atoms with van der Waals surface area (Å²) in [5.74, 6) is -5.63. The lowest BCUT2D eigenvalue weighted by Crippen LogP contribution is -2.51. The number of hydrogen-bond donors (Lipinski definition) is 4. The maximum atomic E-state index is 12.7. The molecule has 1 saturated heterocycles. The lowest BCUT2D eigenvalue weighted by atomic mass is 9.90. The van der Waals surface area contributed by atoms with Gasteiger partial charge in [0.05, 0.1) is 24.0 Å². The first-order valence-corrected chi connectivity index (χ1v) is 13.7. The quantitative estimate of drug-likeness (QED) is 0.282. The molecule has 1 atom stereocenters. The molecule has 46 heavy (non-hydrogen) atoms. The van der Waals surface area contributed by atoms with Gasteiger partial charge in [-0.25, -0.2) is 9.59 Å². The summed E-state index contributed by atoms with van der Waals surface area (Å²) in [6.07, 6.45) is -1.94. The smallest absolute Gasteiger partial charge is 0.475 e. The number of pyridine rings is 1. The van der Waals surface area contributed by atoms with Crippen molar-refractivity contribution in [1.29, 1.82) is 0 Å². The third-order valence-corrected chi connectivity index (χ3v) is 7.07. The summed E-state index contributed by atoms with van der Waals surface area (Å²) in [6.45, 7) is 3.06. The molecule has 0 bridgehead atoms. The highest BCUT2D eigenvalue weighted by molar-refractivity contribution is 7.00. The van der Waals surface area contributed by atoms with E-state index in [2.05, 4.69) is 34.2 Å². The van der Waals surface area contributed by atoms with Gasteiger partial charge < -0.3 is 25.7 Å². The van der Waals surface area contributed by atoms with Crippen molar-refractivity contribution in [3.63, 3.8) is 0 Å². The van der Waals surface area contributed by atoms with E-state index < -0.39 is 29.8 Å². The maximum absolute atomic E-state index is 12.7. The number of hydrogen-bond acceptors (Lipinski definition) is 10. The Morgan fingerprint density at radius 3 is 2.26 bits per heavy atom. The molecule has 1 unspecified atom stereocenters. The number of carboxylic acids is 2. The Morgan fingerprint density at radius 1 is 1.02 bits per heavy atom. The van der Waals surface area contributed by atoms with Crippen molar-refractivity contribution in [2.24, 2.45) is 0 Å². The first-order chi connectivity index (χ1) is 21.5. The highest BCUT2D eigenvalue weighted by atomic mass is 32.1. The molecule has 4 heterocycles. The zero-order chi connectivity index (χ0) is 34.1. The van der Waals surface area contributed by atoms with Gasteiger partial charge in [-0.05, 0) is 42.5 Å². The lowest BCUT2D eigenvalue weighted by Gasteiger charge is -2.38. The summed E-state index contributed by atoms with van der Waals surface area (Å²) in [4.78, 5) is 51.5. The summed E-state index contributed by atoms with van der Waals surface area (Å²) in [5.41, 5.74) is 2.35. The van der Waals surface area contributed by atoms with E-state index in [-0.39, 0.29) is 11.8 Å². The molecule has 4 N–H and O–H groups in total. The number of amides is 2. The van der Waals surface area contributed by atoms with Crippen LogP contribution in [0.2, 0.25) is 0 Å². The zero-order valence-corrected chi connectivity index (χ0v) is 24.2. The van der Waals surface area contributed by atoms with E-state index in [0.29, 0.717) is 43.8 Å². The minimum Gasteiger partial charge on any atom is -0.475 e. The molecule has 0 saturated carbocycles. The zero-order valence-electron chi connectivity index (χ0n) is 23.4. The average molecular weight is 678 g/mol. The molecule has 13 nitrogen and oxygen atoms in total. The molecule has 0 radical (unpaired) electrons. The largest absolute Gasteiger partial charge is 0.490 e. The number of nitrogens with zero attached hydrogens (tertiary/aromatic N) is 5. The Morgan fingerprint density at radius 2 is 1.70 bits per heavy atom. The predicted octanol–water partition coefficient (Wildman–Crippen LogP) is 2.63. The summed E-state index contributed by atoms with van der Waals surface area (Å²) >= 11 is 1.10. The molecule has 2 aliphatic rings. The molecule has 2 amide bonds. The molecular weight excluding hydrogens is 652 g/mol. The number of halogens is 6. The molecule has 3 aromatic rings. The fourth-order valence-electron chi connectivity index (χ4n) is 4.25. The van der Waals surface area contributed by atoms with Crippen LogP contribution in [0.1, 0.15) is 22.3 Å². The number of carbonyl (C=O) groups is 4. The highest BCUT2D eigenvalue weighted by Gasteiger charge is 2.47. The molecule has 0 aliphatic carbocycles. The second kappa shape index (κ2) is 15.0. The van der Waals surface area contributed by atoms with E-state index in [1.54, 1.807) is 12.3 Å². The maximum Gasteiger partial charge on any atom is 0.490 e. The van der Waals surface area contributed by atoms with Gasteiger partial charge in [-0.15, -0.1) is 0 Å². The van der Waals surface area contributed by atoms with Gasteiger partial charge in [0.2, 0.25) is 5.91 Å². The Hall–Kier alpha value is -4.85.